The molecule has 0 aliphatic heterocycles. The van der Waals surface area contributed by atoms with Crippen molar-refractivity contribution in [1.82, 2.24) is 15.3 Å². The summed E-state index contributed by atoms with van der Waals surface area (Å²) in [4.78, 5) is 19.1. The summed E-state index contributed by atoms with van der Waals surface area (Å²) in [5.74, 6) is -0.818. The third kappa shape index (κ3) is 3.94. The Morgan fingerprint density at radius 2 is 2.25 bits per heavy atom. The van der Waals surface area contributed by atoms with Crippen molar-refractivity contribution in [3.8, 4) is 0 Å². The zero-order valence-corrected chi connectivity index (χ0v) is 9.60. The number of aliphatic carboxylic acids is 1. The molecule has 0 spiro atoms. The molecule has 0 aromatic carbocycles. The van der Waals surface area contributed by atoms with E-state index >= 15 is 0 Å². The standard InChI is InChI=1S/C11H17N3O2/c1-3-4-10(11(15)16)14-7-9-6-12-8(2)5-13-9/h5-6,10,14H,3-4,7H2,1-2H3,(H,15,16). The van der Waals surface area contributed by atoms with Crippen molar-refractivity contribution in [1.29, 1.82) is 0 Å². The van der Waals surface area contributed by atoms with Crippen molar-refractivity contribution in [2.45, 2.75) is 39.3 Å². The summed E-state index contributed by atoms with van der Waals surface area (Å²) in [5.41, 5.74) is 1.61. The fraction of sp³-hybridized carbons (Fsp3) is 0.545. The van der Waals surface area contributed by atoms with Crippen molar-refractivity contribution >= 4 is 5.97 Å². The number of carboxylic acids is 1. The van der Waals surface area contributed by atoms with Gasteiger partial charge in [-0.3, -0.25) is 20.1 Å². The lowest BCUT2D eigenvalue weighted by molar-refractivity contribution is -0.139. The number of rotatable bonds is 6. The first-order valence-electron chi connectivity index (χ1n) is 5.37. The minimum absolute atomic E-state index is 0.435. The van der Waals surface area contributed by atoms with E-state index in [1.54, 1.807) is 12.4 Å². The second-order valence-electron chi connectivity index (χ2n) is 3.71. The van der Waals surface area contributed by atoms with Gasteiger partial charge in [-0.1, -0.05) is 13.3 Å². The molecule has 1 atom stereocenters. The minimum Gasteiger partial charge on any atom is -0.480 e. The predicted octanol–water partition coefficient (Wildman–Crippen LogP) is 1.13. The van der Waals surface area contributed by atoms with Gasteiger partial charge in [-0.05, 0) is 13.3 Å². The van der Waals surface area contributed by atoms with Crippen LogP contribution in [0.4, 0.5) is 0 Å². The SMILES string of the molecule is CCCC(NCc1cnc(C)cn1)C(=O)O. The largest absolute Gasteiger partial charge is 0.480 e. The maximum Gasteiger partial charge on any atom is 0.320 e. The molecule has 1 aromatic heterocycles. The van der Waals surface area contributed by atoms with Gasteiger partial charge in [0.1, 0.15) is 6.04 Å². The van der Waals surface area contributed by atoms with E-state index in [0.29, 0.717) is 13.0 Å². The van der Waals surface area contributed by atoms with Crippen molar-refractivity contribution in [3.63, 3.8) is 0 Å². The van der Waals surface area contributed by atoms with Gasteiger partial charge < -0.3 is 5.11 Å². The number of carbonyl (C=O) groups is 1. The third-order valence-corrected chi connectivity index (χ3v) is 2.24. The highest BCUT2D eigenvalue weighted by Crippen LogP contribution is 1.99. The lowest BCUT2D eigenvalue weighted by atomic mass is 10.1. The van der Waals surface area contributed by atoms with Gasteiger partial charge in [0.05, 0.1) is 11.4 Å². The van der Waals surface area contributed by atoms with Gasteiger partial charge in [0, 0.05) is 18.9 Å². The van der Waals surface area contributed by atoms with Crippen molar-refractivity contribution in [3.05, 3.63) is 23.8 Å². The Balaban J connectivity index is 2.48. The Morgan fingerprint density at radius 1 is 1.50 bits per heavy atom. The molecule has 0 bridgehead atoms. The number of nitrogens with one attached hydrogen (secondary N) is 1. The van der Waals surface area contributed by atoms with Crippen LogP contribution in [0, 0.1) is 6.92 Å². The number of aromatic nitrogens is 2. The molecule has 16 heavy (non-hydrogen) atoms. The van der Waals surface area contributed by atoms with Crippen molar-refractivity contribution in [2.75, 3.05) is 0 Å². The van der Waals surface area contributed by atoms with Gasteiger partial charge in [0.25, 0.3) is 0 Å². The highest BCUT2D eigenvalue weighted by molar-refractivity contribution is 5.73. The van der Waals surface area contributed by atoms with Gasteiger partial charge in [0.2, 0.25) is 0 Å². The van der Waals surface area contributed by atoms with Gasteiger partial charge in [-0.2, -0.15) is 0 Å². The maximum absolute atomic E-state index is 10.9. The highest BCUT2D eigenvalue weighted by atomic mass is 16.4. The molecular weight excluding hydrogens is 206 g/mol. The minimum atomic E-state index is -0.818. The maximum atomic E-state index is 10.9. The zero-order chi connectivity index (χ0) is 12.0. The first-order chi connectivity index (χ1) is 7.63. The second-order valence-corrected chi connectivity index (χ2v) is 3.71. The second kappa shape index (κ2) is 6.17. The number of nitrogens with zero attached hydrogens (tertiary/aromatic N) is 2. The van der Waals surface area contributed by atoms with Crippen LogP contribution in [0.2, 0.25) is 0 Å². The third-order valence-electron chi connectivity index (χ3n) is 2.24. The Bertz CT molecular complexity index is 338. The number of carboxylic acid groups (broad SMARTS) is 1. The fourth-order valence-corrected chi connectivity index (χ4v) is 1.34. The molecule has 0 aliphatic carbocycles. The van der Waals surface area contributed by atoms with Gasteiger partial charge in [0.15, 0.2) is 0 Å². The topological polar surface area (TPSA) is 75.1 Å². The molecule has 5 nitrogen and oxygen atoms in total. The number of hydrogen-bond donors (Lipinski definition) is 2. The van der Waals surface area contributed by atoms with Gasteiger partial charge in [-0.15, -0.1) is 0 Å². The monoisotopic (exact) mass is 223 g/mol. The van der Waals surface area contributed by atoms with E-state index in [0.717, 1.165) is 17.8 Å². The molecule has 88 valence electrons. The summed E-state index contributed by atoms with van der Waals surface area (Å²) in [6.45, 7) is 4.26. The Labute approximate surface area is 94.9 Å². The van der Waals surface area contributed by atoms with Crippen LogP contribution in [0.5, 0.6) is 0 Å². The first kappa shape index (κ1) is 12.6. The molecular formula is C11H17N3O2. The molecule has 0 saturated carbocycles. The summed E-state index contributed by atoms with van der Waals surface area (Å²) < 4.78 is 0. The number of hydrogen-bond acceptors (Lipinski definition) is 4. The lowest BCUT2D eigenvalue weighted by Crippen LogP contribution is -2.36. The Morgan fingerprint density at radius 3 is 2.75 bits per heavy atom. The highest BCUT2D eigenvalue weighted by Gasteiger charge is 2.15. The Hall–Kier alpha value is -1.49. The lowest BCUT2D eigenvalue weighted by Gasteiger charge is -2.12. The van der Waals surface area contributed by atoms with E-state index in [9.17, 15) is 4.79 Å². The molecule has 1 rings (SSSR count). The van der Waals surface area contributed by atoms with Crippen LogP contribution in [0.25, 0.3) is 0 Å². The predicted molar refractivity (Wildman–Crippen MR) is 59.9 cm³/mol. The summed E-state index contributed by atoms with van der Waals surface area (Å²) in [6, 6.07) is -0.506. The van der Waals surface area contributed by atoms with Crippen LogP contribution < -0.4 is 5.32 Å². The van der Waals surface area contributed by atoms with Crippen molar-refractivity contribution in [2.24, 2.45) is 0 Å². The fourth-order valence-electron chi connectivity index (χ4n) is 1.34. The summed E-state index contributed by atoms with van der Waals surface area (Å²) in [6.07, 6.45) is 4.79. The van der Waals surface area contributed by atoms with E-state index < -0.39 is 12.0 Å². The van der Waals surface area contributed by atoms with E-state index in [2.05, 4.69) is 15.3 Å². The molecule has 0 amide bonds. The zero-order valence-electron chi connectivity index (χ0n) is 9.60. The molecule has 2 N–H and O–H groups in total. The average molecular weight is 223 g/mol. The van der Waals surface area contributed by atoms with Crippen LogP contribution in [0.15, 0.2) is 12.4 Å². The quantitative estimate of drug-likeness (QED) is 0.756. The van der Waals surface area contributed by atoms with Crippen LogP contribution in [0.1, 0.15) is 31.2 Å². The molecule has 0 saturated heterocycles. The molecule has 1 aromatic rings. The summed E-state index contributed by atoms with van der Waals surface area (Å²) in [5, 5.41) is 11.9. The Kier molecular flexibility index (Phi) is 4.85. The molecule has 0 aliphatic rings. The number of aryl methyl sites for hydroxylation is 1. The molecule has 5 heteroatoms. The molecule has 0 radical (unpaired) electrons. The summed E-state index contributed by atoms with van der Waals surface area (Å²) in [7, 11) is 0. The van der Waals surface area contributed by atoms with Crippen molar-refractivity contribution < 1.29 is 9.90 Å². The molecule has 1 heterocycles. The van der Waals surface area contributed by atoms with E-state index in [4.69, 9.17) is 5.11 Å². The molecule has 1 unspecified atom stereocenters. The summed E-state index contributed by atoms with van der Waals surface area (Å²) >= 11 is 0. The van der Waals surface area contributed by atoms with Gasteiger partial charge >= 0.3 is 5.97 Å². The van der Waals surface area contributed by atoms with E-state index in [1.807, 2.05) is 13.8 Å². The van der Waals surface area contributed by atoms with E-state index in [-0.39, 0.29) is 0 Å². The van der Waals surface area contributed by atoms with Crippen LogP contribution in [-0.4, -0.2) is 27.1 Å². The van der Waals surface area contributed by atoms with Crippen LogP contribution >= 0.6 is 0 Å². The average Bonchev–Trinajstić information content (AvgIpc) is 2.26. The smallest absolute Gasteiger partial charge is 0.320 e. The van der Waals surface area contributed by atoms with E-state index in [1.165, 1.54) is 0 Å². The van der Waals surface area contributed by atoms with Gasteiger partial charge in [-0.25, -0.2) is 0 Å². The van der Waals surface area contributed by atoms with Crippen LogP contribution in [-0.2, 0) is 11.3 Å². The normalized spacial score (nSPS) is 12.4. The molecule has 0 fully saturated rings. The first-order valence-corrected chi connectivity index (χ1v) is 5.37. The van der Waals surface area contributed by atoms with Crippen LogP contribution in [0.3, 0.4) is 0 Å².